The third-order valence-electron chi connectivity index (χ3n) is 5.88. The molecule has 0 N–H and O–H groups in total. The molecule has 5 nitrogen and oxygen atoms in total. The van der Waals surface area contributed by atoms with Gasteiger partial charge in [0, 0.05) is 25.7 Å². The van der Waals surface area contributed by atoms with Gasteiger partial charge in [-0.3, -0.25) is 4.90 Å². The van der Waals surface area contributed by atoms with Crippen LogP contribution in [0.2, 0.25) is 5.02 Å². The Morgan fingerprint density at radius 2 is 2.04 bits per heavy atom. The van der Waals surface area contributed by atoms with Gasteiger partial charge in [0.05, 0.1) is 17.4 Å². The Balaban J connectivity index is 1.34. The molecule has 3 atom stereocenters. The van der Waals surface area contributed by atoms with E-state index in [4.69, 9.17) is 11.6 Å². The number of fused-ring (bicyclic) bond motifs is 1. The summed E-state index contributed by atoms with van der Waals surface area (Å²) in [5, 5.41) is 4.53. The van der Waals surface area contributed by atoms with Crippen molar-refractivity contribution in [3.8, 4) is 0 Å². The highest BCUT2D eigenvalue weighted by Gasteiger charge is 2.43. The van der Waals surface area contributed by atoms with Gasteiger partial charge in [0.25, 0.3) is 0 Å². The van der Waals surface area contributed by atoms with Crippen LogP contribution in [0.5, 0.6) is 0 Å². The minimum Gasteiger partial charge on any atom is -0.322 e. The molecule has 1 aliphatic heterocycles. The predicted molar refractivity (Wildman–Crippen MR) is 102 cm³/mol. The summed E-state index contributed by atoms with van der Waals surface area (Å²) >= 11 is 5.88. The number of nitrogens with zero attached hydrogens (tertiary/aromatic N) is 4. The summed E-state index contributed by atoms with van der Waals surface area (Å²) in [6, 6.07) is 9.28. The van der Waals surface area contributed by atoms with Gasteiger partial charge >= 0.3 is 6.03 Å². The first-order valence-electron chi connectivity index (χ1n) is 9.25. The molecule has 1 saturated heterocycles. The van der Waals surface area contributed by atoms with Crippen LogP contribution in [0.25, 0.3) is 0 Å². The van der Waals surface area contributed by atoms with Crippen molar-refractivity contribution in [3.63, 3.8) is 0 Å². The largest absolute Gasteiger partial charge is 0.344 e. The van der Waals surface area contributed by atoms with E-state index in [-0.39, 0.29) is 6.03 Å². The molecular formula is C20H25ClN4O. The molecule has 1 aromatic heterocycles. The summed E-state index contributed by atoms with van der Waals surface area (Å²) in [5.74, 6) is 1.19. The number of carbonyl (C=O) groups is 1. The van der Waals surface area contributed by atoms with Crippen LogP contribution in [0.4, 0.5) is 4.79 Å². The number of amides is 1. The van der Waals surface area contributed by atoms with Crippen molar-refractivity contribution < 1.29 is 4.79 Å². The molecule has 2 fully saturated rings. The number of aromatic nitrogens is 2. The molecule has 2 aliphatic rings. The van der Waals surface area contributed by atoms with Crippen LogP contribution in [0.1, 0.15) is 24.0 Å². The summed E-state index contributed by atoms with van der Waals surface area (Å²) in [6.45, 7) is 4.79. The van der Waals surface area contributed by atoms with Crippen molar-refractivity contribution in [1.82, 2.24) is 19.6 Å². The van der Waals surface area contributed by atoms with Crippen LogP contribution < -0.4 is 0 Å². The van der Waals surface area contributed by atoms with E-state index in [1.54, 1.807) is 6.20 Å². The fraction of sp³-hybridized carbons (Fsp3) is 0.500. The van der Waals surface area contributed by atoms with Crippen molar-refractivity contribution >= 4 is 17.6 Å². The number of likely N-dealkylation sites (tertiary alicyclic amines) is 1. The smallest absolute Gasteiger partial charge is 0.322 e. The Morgan fingerprint density at radius 3 is 2.65 bits per heavy atom. The zero-order valence-corrected chi connectivity index (χ0v) is 16.1. The monoisotopic (exact) mass is 372 g/mol. The van der Waals surface area contributed by atoms with Crippen molar-refractivity contribution in [2.45, 2.75) is 32.4 Å². The summed E-state index contributed by atoms with van der Waals surface area (Å²) in [7, 11) is 2.22. The fourth-order valence-corrected chi connectivity index (χ4v) is 4.70. The van der Waals surface area contributed by atoms with Crippen molar-refractivity contribution in [2.24, 2.45) is 11.8 Å². The number of halogens is 1. The Morgan fingerprint density at radius 1 is 1.31 bits per heavy atom. The average molecular weight is 373 g/mol. The van der Waals surface area contributed by atoms with Crippen LogP contribution in [0.15, 0.2) is 36.7 Å². The van der Waals surface area contributed by atoms with E-state index in [1.807, 2.05) is 4.90 Å². The van der Waals surface area contributed by atoms with E-state index in [1.165, 1.54) is 22.0 Å². The molecule has 1 aromatic carbocycles. The highest BCUT2D eigenvalue weighted by atomic mass is 35.5. The van der Waals surface area contributed by atoms with Gasteiger partial charge in [0.1, 0.15) is 0 Å². The van der Waals surface area contributed by atoms with Gasteiger partial charge in [0.2, 0.25) is 0 Å². The van der Waals surface area contributed by atoms with E-state index >= 15 is 0 Å². The second kappa shape index (κ2) is 7.05. The number of aryl methyl sites for hydroxylation is 1. The molecule has 6 heteroatoms. The predicted octanol–water partition coefficient (Wildman–Crippen LogP) is 3.66. The molecule has 1 amide bonds. The number of benzene rings is 1. The van der Waals surface area contributed by atoms with Gasteiger partial charge < -0.3 is 4.90 Å². The van der Waals surface area contributed by atoms with E-state index in [0.29, 0.717) is 22.9 Å². The zero-order chi connectivity index (χ0) is 18.3. The van der Waals surface area contributed by atoms with Crippen LogP contribution in [0, 0.1) is 18.8 Å². The first kappa shape index (κ1) is 17.6. The number of hydrogen-bond acceptors (Lipinski definition) is 3. The minimum atomic E-state index is -0.0593. The normalized spacial score (nSPS) is 25.1. The fourth-order valence-electron chi connectivity index (χ4n) is 4.56. The molecular weight excluding hydrogens is 348 g/mol. The number of hydrogen-bond donors (Lipinski definition) is 0. The zero-order valence-electron chi connectivity index (χ0n) is 15.3. The average Bonchev–Trinajstić information content (AvgIpc) is 3.28. The van der Waals surface area contributed by atoms with E-state index in [9.17, 15) is 4.79 Å². The maximum absolute atomic E-state index is 12.5. The van der Waals surface area contributed by atoms with Gasteiger partial charge in [-0.25, -0.2) is 4.79 Å². The summed E-state index contributed by atoms with van der Waals surface area (Å²) in [5.41, 5.74) is 2.68. The van der Waals surface area contributed by atoms with Gasteiger partial charge in [0.15, 0.2) is 0 Å². The Kier molecular flexibility index (Phi) is 4.76. The van der Waals surface area contributed by atoms with Crippen LogP contribution >= 0.6 is 11.6 Å². The van der Waals surface area contributed by atoms with Crippen molar-refractivity contribution in [3.05, 3.63) is 52.8 Å². The van der Waals surface area contributed by atoms with E-state index < -0.39 is 0 Å². The Hall–Kier alpha value is -1.85. The van der Waals surface area contributed by atoms with E-state index in [0.717, 1.165) is 32.5 Å². The van der Waals surface area contributed by atoms with Gasteiger partial charge in [-0.05, 0) is 44.2 Å². The SMILES string of the molecule is Cc1cccc(CN(C)C2C[C@@H]3CN(C(=O)n4cc(Cl)cn4)C[C@@H]3C2)c1. The van der Waals surface area contributed by atoms with Crippen LogP contribution in [0.3, 0.4) is 0 Å². The summed E-state index contributed by atoms with van der Waals surface area (Å²) < 4.78 is 1.35. The lowest BCUT2D eigenvalue weighted by atomic mass is 10.0. The molecule has 1 unspecified atom stereocenters. The number of carbonyl (C=O) groups excluding carboxylic acids is 1. The molecule has 0 radical (unpaired) electrons. The van der Waals surface area contributed by atoms with Gasteiger partial charge in [-0.2, -0.15) is 9.78 Å². The molecule has 1 saturated carbocycles. The third-order valence-corrected chi connectivity index (χ3v) is 6.08. The van der Waals surface area contributed by atoms with Crippen molar-refractivity contribution in [1.29, 1.82) is 0 Å². The molecule has 1 aliphatic carbocycles. The van der Waals surface area contributed by atoms with Gasteiger partial charge in [-0.1, -0.05) is 41.4 Å². The first-order chi connectivity index (χ1) is 12.5. The standard InChI is InChI=1S/C20H25ClN4O/c1-14-4-3-5-15(6-14)10-23(2)19-7-16-11-24(12-17(16)8-19)20(26)25-13-18(21)9-22-25/h3-6,9,13,16-17,19H,7-8,10-12H2,1-2H3/t16-,17+,19?. The summed E-state index contributed by atoms with van der Waals surface area (Å²) in [4.78, 5) is 16.9. The second-order valence-corrected chi connectivity index (χ2v) is 8.28. The highest BCUT2D eigenvalue weighted by Crippen LogP contribution is 2.40. The topological polar surface area (TPSA) is 41.4 Å². The molecule has 2 heterocycles. The molecule has 4 rings (SSSR count). The maximum atomic E-state index is 12.5. The second-order valence-electron chi connectivity index (χ2n) is 7.84. The lowest BCUT2D eigenvalue weighted by molar-refractivity contribution is 0.192. The summed E-state index contributed by atoms with van der Waals surface area (Å²) in [6.07, 6.45) is 5.41. The van der Waals surface area contributed by atoms with Crippen LogP contribution in [-0.4, -0.2) is 51.8 Å². The molecule has 138 valence electrons. The third kappa shape index (κ3) is 3.51. The lowest BCUT2D eigenvalue weighted by Gasteiger charge is -2.26. The maximum Gasteiger partial charge on any atom is 0.344 e. The minimum absolute atomic E-state index is 0.0593. The molecule has 2 aromatic rings. The van der Waals surface area contributed by atoms with Gasteiger partial charge in [-0.15, -0.1) is 0 Å². The molecule has 0 bridgehead atoms. The molecule has 0 spiro atoms. The quantitative estimate of drug-likeness (QED) is 0.825. The molecule has 26 heavy (non-hydrogen) atoms. The Labute approximate surface area is 159 Å². The highest BCUT2D eigenvalue weighted by molar-refractivity contribution is 6.30. The number of rotatable bonds is 3. The van der Waals surface area contributed by atoms with E-state index in [2.05, 4.69) is 48.2 Å². The van der Waals surface area contributed by atoms with Crippen LogP contribution in [-0.2, 0) is 6.54 Å². The lowest BCUT2D eigenvalue weighted by Crippen LogP contribution is -2.36. The van der Waals surface area contributed by atoms with Crippen molar-refractivity contribution in [2.75, 3.05) is 20.1 Å². The first-order valence-corrected chi connectivity index (χ1v) is 9.62. The Bertz CT molecular complexity index is 791.